The molecule has 1 rings (SSSR count). The van der Waals surface area contributed by atoms with Gasteiger partial charge in [-0.3, -0.25) is 0 Å². The van der Waals surface area contributed by atoms with E-state index in [1.807, 2.05) is 0 Å². The molecule has 0 bridgehead atoms. The van der Waals surface area contributed by atoms with E-state index < -0.39 is 0 Å². The van der Waals surface area contributed by atoms with Crippen LogP contribution in [0.2, 0.25) is 0 Å². The summed E-state index contributed by atoms with van der Waals surface area (Å²) < 4.78 is 10.6. The summed E-state index contributed by atoms with van der Waals surface area (Å²) in [6.45, 7) is 5.65. The van der Waals surface area contributed by atoms with Gasteiger partial charge in [0.2, 0.25) is 0 Å². The first kappa shape index (κ1) is 12.9. The molecular formula is C11H24N2O2. The molecule has 0 radical (unpaired) electrons. The molecule has 90 valence electrons. The van der Waals surface area contributed by atoms with Gasteiger partial charge in [-0.2, -0.15) is 0 Å². The molecule has 1 fully saturated rings. The highest BCUT2D eigenvalue weighted by Gasteiger charge is 2.12. The smallest absolute Gasteiger partial charge is 0.0699 e. The van der Waals surface area contributed by atoms with Crippen LogP contribution in [0, 0.1) is 0 Å². The summed E-state index contributed by atoms with van der Waals surface area (Å²) in [6, 6.07) is 0. The molecule has 0 saturated carbocycles. The molecule has 4 nitrogen and oxygen atoms in total. The Kier molecular flexibility index (Phi) is 7.83. The summed E-state index contributed by atoms with van der Waals surface area (Å²) in [5.74, 6) is 0. The van der Waals surface area contributed by atoms with Crippen molar-refractivity contribution in [3.63, 3.8) is 0 Å². The van der Waals surface area contributed by atoms with Gasteiger partial charge in [-0.1, -0.05) is 0 Å². The fraction of sp³-hybridized carbons (Fsp3) is 1.00. The molecule has 1 aliphatic heterocycles. The van der Waals surface area contributed by atoms with Crippen molar-refractivity contribution in [1.82, 2.24) is 10.6 Å². The summed E-state index contributed by atoms with van der Waals surface area (Å²) in [5.41, 5.74) is 0. The van der Waals surface area contributed by atoms with Crippen LogP contribution in [0.3, 0.4) is 0 Å². The lowest BCUT2D eigenvalue weighted by Gasteiger charge is -2.22. The number of rotatable bonds is 8. The van der Waals surface area contributed by atoms with E-state index >= 15 is 0 Å². The Morgan fingerprint density at radius 3 is 2.80 bits per heavy atom. The standard InChI is InChI=1S/C11H24N2O2/c1-14-9-7-12-5-6-13-10-11-4-2-3-8-15-11/h11-13H,2-10H2,1H3. The molecule has 15 heavy (non-hydrogen) atoms. The van der Waals surface area contributed by atoms with Crippen LogP contribution in [0.15, 0.2) is 0 Å². The fourth-order valence-electron chi connectivity index (χ4n) is 1.71. The maximum atomic E-state index is 5.62. The largest absolute Gasteiger partial charge is 0.383 e. The minimum absolute atomic E-state index is 0.442. The van der Waals surface area contributed by atoms with Gasteiger partial charge in [0.1, 0.15) is 0 Å². The second-order valence-electron chi connectivity index (χ2n) is 3.94. The Bertz CT molecular complexity index is 139. The number of nitrogens with one attached hydrogen (secondary N) is 2. The van der Waals surface area contributed by atoms with E-state index in [1.54, 1.807) is 7.11 Å². The minimum atomic E-state index is 0.442. The molecule has 0 aromatic carbocycles. The summed E-state index contributed by atoms with van der Waals surface area (Å²) >= 11 is 0. The molecule has 0 aromatic heterocycles. The molecule has 4 heteroatoms. The molecule has 1 saturated heterocycles. The molecular weight excluding hydrogens is 192 g/mol. The van der Waals surface area contributed by atoms with Crippen LogP contribution in [0.5, 0.6) is 0 Å². The zero-order chi connectivity index (χ0) is 10.8. The van der Waals surface area contributed by atoms with Crippen molar-refractivity contribution in [2.45, 2.75) is 25.4 Å². The zero-order valence-electron chi connectivity index (χ0n) is 9.76. The Hall–Kier alpha value is -0.160. The van der Waals surface area contributed by atoms with Crippen molar-refractivity contribution in [3.8, 4) is 0 Å². The van der Waals surface area contributed by atoms with Crippen LogP contribution >= 0.6 is 0 Å². The van der Waals surface area contributed by atoms with Gasteiger partial charge >= 0.3 is 0 Å². The first-order valence-electron chi connectivity index (χ1n) is 5.95. The van der Waals surface area contributed by atoms with Gasteiger partial charge in [-0.15, -0.1) is 0 Å². The van der Waals surface area contributed by atoms with Gasteiger partial charge < -0.3 is 20.1 Å². The number of ether oxygens (including phenoxy) is 2. The van der Waals surface area contributed by atoms with Crippen LogP contribution in [-0.4, -0.2) is 52.6 Å². The van der Waals surface area contributed by atoms with Crippen molar-refractivity contribution in [2.75, 3.05) is 46.5 Å². The Morgan fingerprint density at radius 2 is 2.07 bits per heavy atom. The van der Waals surface area contributed by atoms with Gasteiger partial charge in [-0.25, -0.2) is 0 Å². The molecule has 1 aliphatic rings. The molecule has 0 aromatic rings. The van der Waals surface area contributed by atoms with Gasteiger partial charge in [0.05, 0.1) is 12.7 Å². The second-order valence-corrected chi connectivity index (χ2v) is 3.94. The quantitative estimate of drug-likeness (QED) is 0.576. The van der Waals surface area contributed by atoms with E-state index in [0.717, 1.165) is 39.4 Å². The third-order valence-corrected chi connectivity index (χ3v) is 2.61. The topological polar surface area (TPSA) is 42.5 Å². The SMILES string of the molecule is COCCNCCNCC1CCCCO1. The van der Waals surface area contributed by atoms with Crippen LogP contribution in [0.4, 0.5) is 0 Å². The number of methoxy groups -OCH3 is 1. The fourth-order valence-corrected chi connectivity index (χ4v) is 1.71. The molecule has 0 amide bonds. The highest BCUT2D eigenvalue weighted by molar-refractivity contribution is 4.66. The predicted octanol–water partition coefficient (Wildman–Crippen LogP) is 0.381. The first-order valence-corrected chi connectivity index (χ1v) is 5.95. The normalized spacial score (nSPS) is 21.8. The number of hydrogen-bond acceptors (Lipinski definition) is 4. The Morgan fingerprint density at radius 1 is 1.20 bits per heavy atom. The summed E-state index contributed by atoms with van der Waals surface area (Å²) in [5, 5.41) is 6.70. The Labute approximate surface area is 92.7 Å². The molecule has 0 aliphatic carbocycles. The van der Waals surface area contributed by atoms with Crippen molar-refractivity contribution in [1.29, 1.82) is 0 Å². The molecule has 2 N–H and O–H groups in total. The van der Waals surface area contributed by atoms with E-state index in [4.69, 9.17) is 9.47 Å². The maximum absolute atomic E-state index is 5.62. The van der Waals surface area contributed by atoms with Crippen molar-refractivity contribution in [2.24, 2.45) is 0 Å². The summed E-state index contributed by atoms with van der Waals surface area (Å²) in [6.07, 6.45) is 4.20. The second kappa shape index (κ2) is 9.09. The van der Waals surface area contributed by atoms with Crippen molar-refractivity contribution >= 4 is 0 Å². The van der Waals surface area contributed by atoms with Crippen molar-refractivity contribution in [3.05, 3.63) is 0 Å². The number of hydrogen-bond donors (Lipinski definition) is 2. The van der Waals surface area contributed by atoms with E-state index in [2.05, 4.69) is 10.6 Å². The molecule has 1 atom stereocenters. The third kappa shape index (κ3) is 6.84. The highest BCUT2D eigenvalue weighted by atomic mass is 16.5. The molecule has 1 unspecified atom stereocenters. The predicted molar refractivity (Wildman–Crippen MR) is 61.2 cm³/mol. The minimum Gasteiger partial charge on any atom is -0.383 e. The lowest BCUT2D eigenvalue weighted by molar-refractivity contribution is 0.0171. The molecule has 0 spiro atoms. The van der Waals surface area contributed by atoms with Crippen molar-refractivity contribution < 1.29 is 9.47 Å². The Balaban J connectivity index is 1.79. The first-order chi connectivity index (χ1) is 7.43. The van der Waals surface area contributed by atoms with Gasteiger partial charge in [0.15, 0.2) is 0 Å². The summed E-state index contributed by atoms with van der Waals surface area (Å²) in [7, 11) is 1.72. The highest BCUT2D eigenvalue weighted by Crippen LogP contribution is 2.11. The lowest BCUT2D eigenvalue weighted by atomic mass is 10.1. The van der Waals surface area contributed by atoms with E-state index in [9.17, 15) is 0 Å². The van der Waals surface area contributed by atoms with Crippen LogP contribution in [0.1, 0.15) is 19.3 Å². The van der Waals surface area contributed by atoms with E-state index in [-0.39, 0.29) is 0 Å². The van der Waals surface area contributed by atoms with Gasteiger partial charge in [0, 0.05) is 39.9 Å². The lowest BCUT2D eigenvalue weighted by Crippen LogP contribution is -2.36. The van der Waals surface area contributed by atoms with Gasteiger partial charge in [0.25, 0.3) is 0 Å². The van der Waals surface area contributed by atoms with Crippen LogP contribution < -0.4 is 10.6 Å². The van der Waals surface area contributed by atoms with Gasteiger partial charge in [-0.05, 0) is 19.3 Å². The third-order valence-electron chi connectivity index (χ3n) is 2.61. The molecule has 1 heterocycles. The van der Waals surface area contributed by atoms with Crippen LogP contribution in [-0.2, 0) is 9.47 Å². The average Bonchev–Trinajstić information content (AvgIpc) is 2.29. The zero-order valence-corrected chi connectivity index (χ0v) is 9.76. The monoisotopic (exact) mass is 216 g/mol. The maximum Gasteiger partial charge on any atom is 0.0699 e. The van der Waals surface area contributed by atoms with Crippen LogP contribution in [0.25, 0.3) is 0 Å². The van der Waals surface area contributed by atoms with E-state index in [1.165, 1.54) is 19.3 Å². The average molecular weight is 216 g/mol. The summed E-state index contributed by atoms with van der Waals surface area (Å²) in [4.78, 5) is 0. The van der Waals surface area contributed by atoms with E-state index in [0.29, 0.717) is 6.10 Å².